The van der Waals surface area contributed by atoms with Gasteiger partial charge in [-0.2, -0.15) is 0 Å². The number of furan rings is 1. The molecular formula is C24H22N4O2S. The Morgan fingerprint density at radius 1 is 1.06 bits per heavy atom. The molecule has 0 saturated heterocycles. The monoisotopic (exact) mass is 430 g/mol. The summed E-state index contributed by atoms with van der Waals surface area (Å²) in [5.74, 6) is 0.830. The minimum absolute atomic E-state index is 0.186. The van der Waals surface area contributed by atoms with Crippen LogP contribution in [0.2, 0.25) is 0 Å². The zero-order valence-corrected chi connectivity index (χ0v) is 17.7. The van der Waals surface area contributed by atoms with Crippen molar-refractivity contribution in [2.75, 3.05) is 10.6 Å². The van der Waals surface area contributed by atoms with Gasteiger partial charge in [0.2, 0.25) is 0 Å². The molecule has 0 saturated carbocycles. The molecule has 1 aliphatic carbocycles. The number of rotatable bonds is 6. The van der Waals surface area contributed by atoms with Gasteiger partial charge in [-0.3, -0.25) is 9.78 Å². The first kappa shape index (κ1) is 19.5. The Bertz CT molecular complexity index is 1160. The molecule has 0 aliphatic heterocycles. The van der Waals surface area contributed by atoms with E-state index in [1.807, 2.05) is 30.5 Å². The van der Waals surface area contributed by atoms with Crippen LogP contribution in [0.25, 0.3) is 0 Å². The van der Waals surface area contributed by atoms with Crippen molar-refractivity contribution in [3.8, 4) is 0 Å². The molecular weight excluding hydrogens is 408 g/mol. The molecule has 4 aromatic heterocycles. The Hall–Kier alpha value is -3.45. The van der Waals surface area contributed by atoms with Crippen LogP contribution in [0.1, 0.15) is 51.0 Å². The summed E-state index contributed by atoms with van der Waals surface area (Å²) in [4.78, 5) is 23.0. The van der Waals surface area contributed by atoms with Crippen molar-refractivity contribution < 1.29 is 9.21 Å². The van der Waals surface area contributed by atoms with Gasteiger partial charge in [-0.25, -0.2) is 4.98 Å². The normalized spacial score (nSPS) is 13.9. The maximum atomic E-state index is 12.8. The summed E-state index contributed by atoms with van der Waals surface area (Å²) in [5, 5.41) is 7.54. The molecule has 2 N–H and O–H groups in total. The van der Waals surface area contributed by atoms with E-state index in [4.69, 9.17) is 4.42 Å². The molecule has 1 aliphatic rings. The summed E-state index contributed by atoms with van der Waals surface area (Å²) in [6, 6.07) is 13.0. The smallest absolute Gasteiger partial charge is 0.291 e. The van der Waals surface area contributed by atoms with Crippen LogP contribution >= 0.6 is 11.3 Å². The highest BCUT2D eigenvalue weighted by Gasteiger charge is 2.29. The Balaban J connectivity index is 1.60. The number of nitrogens with one attached hydrogen (secondary N) is 2. The summed E-state index contributed by atoms with van der Waals surface area (Å²) in [7, 11) is 0. The lowest BCUT2D eigenvalue weighted by Crippen LogP contribution is -2.18. The number of aromatic nitrogens is 2. The van der Waals surface area contributed by atoms with Crippen molar-refractivity contribution in [3.63, 3.8) is 0 Å². The second-order valence-corrected chi connectivity index (χ2v) is 8.57. The molecule has 31 heavy (non-hydrogen) atoms. The maximum absolute atomic E-state index is 12.8. The molecule has 7 heteroatoms. The molecule has 0 bridgehead atoms. The number of pyridine rings is 2. The fraction of sp³-hybridized carbons (Fsp3) is 0.208. The number of carbonyl (C=O) groups excluding carboxylic acids is 1. The zero-order chi connectivity index (χ0) is 21.0. The van der Waals surface area contributed by atoms with Crippen molar-refractivity contribution in [3.05, 3.63) is 94.6 Å². The van der Waals surface area contributed by atoms with Gasteiger partial charge in [0.15, 0.2) is 5.76 Å². The molecule has 0 radical (unpaired) electrons. The molecule has 0 spiro atoms. The molecule has 5 rings (SSSR count). The number of nitrogens with zero attached hydrogens (tertiary/aromatic N) is 2. The summed E-state index contributed by atoms with van der Waals surface area (Å²) in [6.45, 7) is 0. The van der Waals surface area contributed by atoms with E-state index in [1.165, 1.54) is 23.1 Å². The van der Waals surface area contributed by atoms with Crippen LogP contribution in [-0.2, 0) is 12.8 Å². The van der Waals surface area contributed by atoms with Gasteiger partial charge in [-0.05, 0) is 67.1 Å². The molecule has 0 fully saturated rings. The van der Waals surface area contributed by atoms with E-state index in [0.717, 1.165) is 41.2 Å². The Morgan fingerprint density at radius 3 is 2.77 bits per heavy atom. The van der Waals surface area contributed by atoms with Gasteiger partial charge >= 0.3 is 0 Å². The van der Waals surface area contributed by atoms with E-state index in [0.29, 0.717) is 5.76 Å². The van der Waals surface area contributed by atoms with Crippen LogP contribution in [0, 0.1) is 0 Å². The topological polar surface area (TPSA) is 80.0 Å². The van der Waals surface area contributed by atoms with Crippen LogP contribution in [0.15, 0.2) is 71.7 Å². The van der Waals surface area contributed by atoms with Crippen molar-refractivity contribution in [2.24, 2.45) is 0 Å². The molecule has 0 unspecified atom stereocenters. The number of fused-ring (bicyclic) bond motifs is 1. The largest absolute Gasteiger partial charge is 0.459 e. The summed E-state index contributed by atoms with van der Waals surface area (Å²) < 4.78 is 5.31. The van der Waals surface area contributed by atoms with E-state index < -0.39 is 0 Å². The third-order valence-corrected chi connectivity index (χ3v) is 6.67. The zero-order valence-electron chi connectivity index (χ0n) is 16.9. The van der Waals surface area contributed by atoms with Gasteiger partial charge in [0.05, 0.1) is 12.3 Å². The first-order chi connectivity index (χ1) is 15.3. The summed E-state index contributed by atoms with van der Waals surface area (Å²) >= 11 is 1.67. The average molecular weight is 431 g/mol. The number of amides is 1. The second kappa shape index (κ2) is 8.73. The fourth-order valence-electron chi connectivity index (χ4n) is 4.03. The summed E-state index contributed by atoms with van der Waals surface area (Å²) in [5.41, 5.74) is 3.44. The van der Waals surface area contributed by atoms with Crippen LogP contribution in [0.5, 0.6) is 0 Å². The van der Waals surface area contributed by atoms with Gasteiger partial charge in [-0.15, -0.1) is 11.3 Å². The van der Waals surface area contributed by atoms with E-state index in [9.17, 15) is 4.79 Å². The predicted molar refractivity (Wildman–Crippen MR) is 122 cm³/mol. The van der Waals surface area contributed by atoms with Gasteiger partial charge in [0, 0.05) is 29.0 Å². The number of aryl methyl sites for hydroxylation is 1. The van der Waals surface area contributed by atoms with E-state index in [1.54, 1.807) is 35.9 Å². The highest BCUT2D eigenvalue weighted by atomic mass is 32.1. The lowest BCUT2D eigenvalue weighted by atomic mass is 9.90. The molecule has 0 aromatic carbocycles. The molecule has 1 amide bonds. The average Bonchev–Trinajstić information content (AvgIpc) is 3.47. The SMILES string of the molecule is O=C(Nc1sc2c(c1[C@@H](Nc1ccccn1)c1cccnc1)CCCC2)c1ccco1. The van der Waals surface area contributed by atoms with Gasteiger partial charge < -0.3 is 15.1 Å². The van der Waals surface area contributed by atoms with E-state index in [-0.39, 0.29) is 11.9 Å². The quantitative estimate of drug-likeness (QED) is 0.424. The Morgan fingerprint density at radius 2 is 2.00 bits per heavy atom. The molecule has 1 atom stereocenters. The Kier molecular flexibility index (Phi) is 5.50. The van der Waals surface area contributed by atoms with Crippen LogP contribution in [0.4, 0.5) is 10.8 Å². The standard InChI is InChI=1S/C24H22N4O2S/c29-23(18-9-6-14-30-18)28-24-21(17-8-1-2-10-19(17)31-24)22(16-7-5-12-25-15-16)27-20-11-3-4-13-26-20/h3-7,9,11-15,22H,1-2,8,10H2,(H,26,27)(H,28,29)/t22-/m0/s1. The third kappa shape index (κ3) is 4.09. The summed E-state index contributed by atoms with van der Waals surface area (Å²) in [6.07, 6.45) is 11.3. The van der Waals surface area contributed by atoms with Gasteiger partial charge in [0.25, 0.3) is 5.91 Å². The van der Waals surface area contributed by atoms with E-state index >= 15 is 0 Å². The van der Waals surface area contributed by atoms with Crippen molar-refractivity contribution >= 4 is 28.1 Å². The molecule has 156 valence electrons. The molecule has 4 heterocycles. The maximum Gasteiger partial charge on any atom is 0.291 e. The van der Waals surface area contributed by atoms with Crippen LogP contribution < -0.4 is 10.6 Å². The number of hydrogen-bond acceptors (Lipinski definition) is 6. The number of thiophene rings is 1. The third-order valence-electron chi connectivity index (χ3n) is 5.45. The molecule has 6 nitrogen and oxygen atoms in total. The first-order valence-electron chi connectivity index (χ1n) is 10.4. The molecule has 4 aromatic rings. The highest BCUT2D eigenvalue weighted by Crippen LogP contribution is 2.44. The minimum Gasteiger partial charge on any atom is -0.459 e. The van der Waals surface area contributed by atoms with Crippen molar-refractivity contribution in [1.29, 1.82) is 0 Å². The first-order valence-corrected chi connectivity index (χ1v) is 11.2. The number of hydrogen-bond donors (Lipinski definition) is 2. The second-order valence-electron chi connectivity index (χ2n) is 7.46. The Labute approximate surface area is 184 Å². The van der Waals surface area contributed by atoms with Crippen LogP contribution in [-0.4, -0.2) is 15.9 Å². The highest BCUT2D eigenvalue weighted by molar-refractivity contribution is 7.16. The van der Waals surface area contributed by atoms with Gasteiger partial charge in [-0.1, -0.05) is 12.1 Å². The minimum atomic E-state index is -0.243. The van der Waals surface area contributed by atoms with Crippen molar-refractivity contribution in [1.82, 2.24) is 9.97 Å². The van der Waals surface area contributed by atoms with Crippen molar-refractivity contribution in [2.45, 2.75) is 31.7 Å². The lowest BCUT2D eigenvalue weighted by molar-refractivity contribution is 0.0997. The van der Waals surface area contributed by atoms with Gasteiger partial charge in [0.1, 0.15) is 10.8 Å². The van der Waals surface area contributed by atoms with E-state index in [2.05, 4.69) is 26.7 Å². The lowest BCUT2D eigenvalue weighted by Gasteiger charge is -2.23. The number of anilines is 2. The number of carbonyl (C=O) groups is 1. The fourth-order valence-corrected chi connectivity index (χ4v) is 5.35. The predicted octanol–water partition coefficient (Wildman–Crippen LogP) is 5.46. The van der Waals surface area contributed by atoms with Crippen LogP contribution in [0.3, 0.4) is 0 Å².